The lowest BCUT2D eigenvalue weighted by atomic mass is 9.96. The molecular formula is C57H94N18O19. The normalized spacial score (nSPS) is 14.5. The Bertz CT molecular complexity index is 2830. The lowest BCUT2D eigenvalue weighted by Crippen LogP contribution is -2.61. The Morgan fingerprint density at radius 1 is 0.489 bits per heavy atom. The number of carbonyl (C=O) groups excluding carboxylic acids is 11. The van der Waals surface area contributed by atoms with E-state index in [4.69, 9.17) is 33.8 Å². The van der Waals surface area contributed by atoms with E-state index < -0.39 is 194 Å². The summed E-state index contributed by atoms with van der Waals surface area (Å²) < 4.78 is 0. The van der Waals surface area contributed by atoms with E-state index in [2.05, 4.69) is 63.2 Å². The largest absolute Gasteiger partial charge is 0.508 e. The van der Waals surface area contributed by atoms with Crippen molar-refractivity contribution >= 4 is 94.8 Å². The van der Waals surface area contributed by atoms with Crippen LogP contribution in [0.25, 0.3) is 0 Å². The van der Waals surface area contributed by atoms with Gasteiger partial charge < -0.3 is 113 Å². The van der Waals surface area contributed by atoms with Crippen molar-refractivity contribution in [2.45, 2.75) is 173 Å². The van der Waals surface area contributed by atoms with Gasteiger partial charge in [-0.25, -0.2) is 0 Å². The Kier molecular flexibility index (Phi) is 36.9. The highest BCUT2D eigenvalue weighted by molar-refractivity contribution is 6.00. The quantitative estimate of drug-likeness (QED) is 0.0164. The molecule has 11 amide bonds. The number of nitrogens with one attached hydrogen (secondary N) is 11. The summed E-state index contributed by atoms with van der Waals surface area (Å²) in [6.45, 7) is 8.46. The average molecular weight is 1340 g/mol. The molecule has 0 aliphatic carbocycles. The zero-order chi connectivity index (χ0) is 71.5. The highest BCUT2D eigenvalue weighted by atomic mass is 16.4. The average Bonchev–Trinajstić information content (AvgIpc) is 1.00. The van der Waals surface area contributed by atoms with Crippen molar-refractivity contribution in [3.8, 4) is 5.75 Å². The standard InChI is InChI=1S/C57H94N18O19/c1-8-29(6)45(75-52(91)36(21-27(2)3)67-40(78)24-58)55(94)69-34(12-10-20-64-57(61)62)48(87)68-33(11-9-19-63-56(59)60)49(88)72-37(22-31-13-15-32(77)16-14-31)50(89)66-30(7)46(85)71-38(23-42(81)82)51(90)73-39(26-76)53(92)74-44(28(4)5)54(93)70-35(17-18-41(79)80)47(86)65-25-43(83)84/h13-16,27-30,33-39,44-45,76-77H,8-12,17-26,58H2,1-7H3,(H,65,86)(H,66,89)(H,67,78)(H,68,87)(H,69,94)(H,70,93)(H,71,85)(H,72,88)(H,73,90)(H,74,92)(H,75,91)(H,79,80)(H,81,82)(H,83,84)(H4,59,60,63)(H4,61,62,64)/t29-,30-,33-,34-,35-,36-,37-,38-,39-,44-,45-/m0/s1. The van der Waals surface area contributed by atoms with Crippen molar-refractivity contribution in [3.63, 3.8) is 0 Å². The first-order valence-electron chi connectivity index (χ1n) is 30.2. The van der Waals surface area contributed by atoms with Gasteiger partial charge in [-0.05, 0) is 80.9 Å². The number of aliphatic imine (C=N–C) groups is 2. The second-order valence-corrected chi connectivity index (χ2v) is 22.7. The van der Waals surface area contributed by atoms with Crippen LogP contribution in [0, 0.1) is 17.8 Å². The lowest BCUT2D eigenvalue weighted by Gasteiger charge is -2.29. The zero-order valence-corrected chi connectivity index (χ0v) is 53.7. The number of carboxylic acids is 3. The van der Waals surface area contributed by atoms with Crippen LogP contribution in [0.5, 0.6) is 5.75 Å². The molecule has 0 fully saturated rings. The van der Waals surface area contributed by atoms with Gasteiger partial charge in [0.05, 0.1) is 19.6 Å². The number of carbonyl (C=O) groups is 14. The van der Waals surface area contributed by atoms with E-state index in [9.17, 15) is 87.5 Å². The molecule has 11 atom stereocenters. The van der Waals surface area contributed by atoms with Crippen LogP contribution in [0.15, 0.2) is 34.3 Å². The summed E-state index contributed by atoms with van der Waals surface area (Å²) in [6.07, 6.45) is -2.42. The van der Waals surface area contributed by atoms with Crippen LogP contribution in [-0.4, -0.2) is 214 Å². The lowest BCUT2D eigenvalue weighted by molar-refractivity contribution is -0.142. The number of phenolic OH excluding ortho intramolecular Hbond substituents is 1. The minimum Gasteiger partial charge on any atom is -0.508 e. The maximum absolute atomic E-state index is 14.6. The highest BCUT2D eigenvalue weighted by Gasteiger charge is 2.37. The fourth-order valence-electron chi connectivity index (χ4n) is 8.74. The number of amides is 11. The second-order valence-electron chi connectivity index (χ2n) is 22.7. The molecular weight excluding hydrogens is 1240 g/mol. The molecule has 26 N–H and O–H groups in total. The van der Waals surface area contributed by atoms with Gasteiger partial charge >= 0.3 is 17.9 Å². The number of aliphatic hydroxyl groups is 1. The minimum atomic E-state index is -2.04. The molecule has 0 saturated carbocycles. The van der Waals surface area contributed by atoms with Crippen LogP contribution in [0.1, 0.15) is 112 Å². The van der Waals surface area contributed by atoms with Gasteiger partial charge in [0.2, 0.25) is 65.0 Å². The van der Waals surface area contributed by atoms with E-state index >= 15 is 0 Å². The van der Waals surface area contributed by atoms with E-state index in [1.165, 1.54) is 38.1 Å². The molecule has 1 aromatic rings. The van der Waals surface area contributed by atoms with Crippen LogP contribution in [0.4, 0.5) is 0 Å². The molecule has 1 aromatic carbocycles. The van der Waals surface area contributed by atoms with Crippen molar-refractivity contribution < 1.29 is 92.7 Å². The number of nitrogens with two attached hydrogens (primary N) is 5. The van der Waals surface area contributed by atoms with Gasteiger partial charge in [0.1, 0.15) is 72.7 Å². The fraction of sp³-hybridized carbons (Fsp3) is 0.614. The maximum Gasteiger partial charge on any atom is 0.322 e. The third kappa shape index (κ3) is 31.9. The number of aliphatic carboxylic acids is 3. The van der Waals surface area contributed by atoms with Gasteiger partial charge in [-0.1, -0.05) is 60.1 Å². The molecule has 0 aromatic heterocycles. The molecule has 37 nitrogen and oxygen atoms in total. The van der Waals surface area contributed by atoms with Gasteiger partial charge in [0.15, 0.2) is 11.9 Å². The predicted octanol–water partition coefficient (Wildman–Crippen LogP) is -6.85. The molecule has 1 rings (SSSR count). The van der Waals surface area contributed by atoms with E-state index in [1.54, 1.807) is 13.8 Å². The van der Waals surface area contributed by atoms with Gasteiger partial charge in [-0.3, -0.25) is 77.1 Å². The Morgan fingerprint density at radius 2 is 0.936 bits per heavy atom. The second kappa shape index (κ2) is 42.2. The molecule has 0 saturated heterocycles. The Morgan fingerprint density at radius 3 is 1.40 bits per heavy atom. The van der Waals surface area contributed by atoms with Crippen molar-refractivity contribution in [1.29, 1.82) is 0 Å². The third-order valence-electron chi connectivity index (χ3n) is 14.0. The Labute approximate surface area is 542 Å². The van der Waals surface area contributed by atoms with Crippen molar-refractivity contribution in [2.75, 3.05) is 32.8 Å². The number of aliphatic hydroxyl groups excluding tert-OH is 1. The summed E-state index contributed by atoms with van der Waals surface area (Å²) >= 11 is 0. The number of hydrogen-bond donors (Lipinski definition) is 21. The summed E-state index contributed by atoms with van der Waals surface area (Å²) in [5.41, 5.74) is 28.0. The number of aromatic hydroxyl groups is 1. The summed E-state index contributed by atoms with van der Waals surface area (Å²) in [5, 5.41) is 74.4. The maximum atomic E-state index is 14.6. The molecule has 0 aliphatic rings. The minimum absolute atomic E-state index is 0.0205. The smallest absolute Gasteiger partial charge is 0.322 e. The molecule has 0 spiro atoms. The molecule has 0 radical (unpaired) electrons. The van der Waals surface area contributed by atoms with Crippen LogP contribution in [0.3, 0.4) is 0 Å². The molecule has 94 heavy (non-hydrogen) atoms. The van der Waals surface area contributed by atoms with Gasteiger partial charge in [-0.15, -0.1) is 0 Å². The van der Waals surface area contributed by atoms with E-state index in [0.717, 1.165) is 6.92 Å². The number of rotatable bonds is 44. The van der Waals surface area contributed by atoms with Gasteiger partial charge in [-0.2, -0.15) is 0 Å². The SMILES string of the molecule is CC[C@H](C)[C@H](NC(=O)[C@H](CC(C)C)NC(=O)CN)C(=O)N[C@@H](CCCN=C(N)N)C(=O)N[C@@H](CCCN=C(N)N)C(=O)N[C@@H](Cc1ccc(O)cc1)C(=O)N[C@@H](C)C(=O)N[C@@H](CC(=O)O)C(=O)N[C@@H](CO)C(=O)N[C@H](C(=O)N[C@@H](CCC(=O)O)C(=O)NCC(=O)O)C(C)C. The van der Waals surface area contributed by atoms with Crippen molar-refractivity contribution in [1.82, 2.24) is 58.5 Å². The van der Waals surface area contributed by atoms with E-state index in [0.29, 0.717) is 12.0 Å². The fourth-order valence-corrected chi connectivity index (χ4v) is 8.74. The first-order chi connectivity index (χ1) is 44.0. The molecule has 0 unspecified atom stereocenters. The third-order valence-corrected chi connectivity index (χ3v) is 14.0. The Balaban J connectivity index is 3.67. The van der Waals surface area contributed by atoms with Crippen molar-refractivity contribution in [3.05, 3.63) is 29.8 Å². The summed E-state index contributed by atoms with van der Waals surface area (Å²) in [7, 11) is 0. The van der Waals surface area contributed by atoms with Gasteiger partial charge in [0.25, 0.3) is 0 Å². The predicted molar refractivity (Wildman–Crippen MR) is 336 cm³/mol. The topological polar surface area (TPSA) is 627 Å². The van der Waals surface area contributed by atoms with Crippen molar-refractivity contribution in [2.24, 2.45) is 56.4 Å². The molecule has 0 heterocycles. The molecule has 0 aliphatic heterocycles. The first-order valence-corrected chi connectivity index (χ1v) is 30.2. The highest BCUT2D eigenvalue weighted by Crippen LogP contribution is 2.15. The van der Waals surface area contributed by atoms with Gasteiger partial charge in [0, 0.05) is 25.9 Å². The number of phenols is 1. The van der Waals surface area contributed by atoms with Crippen LogP contribution < -0.4 is 87.2 Å². The number of carboxylic acid groups (broad SMARTS) is 3. The van der Waals surface area contributed by atoms with Crippen LogP contribution in [-0.2, 0) is 73.5 Å². The van der Waals surface area contributed by atoms with E-state index in [1.807, 2.05) is 19.2 Å². The summed E-state index contributed by atoms with van der Waals surface area (Å²) in [6, 6.07) is -10.5. The number of guanidine groups is 2. The summed E-state index contributed by atoms with van der Waals surface area (Å²) in [4.78, 5) is 193. The number of benzene rings is 1. The molecule has 37 heteroatoms. The van der Waals surface area contributed by atoms with E-state index in [-0.39, 0.29) is 75.2 Å². The Hall–Kier alpha value is -9.94. The molecule has 0 bridgehead atoms. The number of hydrogen-bond acceptors (Lipinski definition) is 19. The van der Waals surface area contributed by atoms with Crippen LogP contribution >= 0.6 is 0 Å². The zero-order valence-electron chi connectivity index (χ0n) is 53.7. The number of nitrogens with zero attached hydrogens (tertiary/aromatic N) is 2. The molecule has 526 valence electrons. The first kappa shape index (κ1) is 82.1. The monoisotopic (exact) mass is 1330 g/mol. The summed E-state index contributed by atoms with van der Waals surface area (Å²) in [5.74, 6) is -17.8. The van der Waals surface area contributed by atoms with Crippen LogP contribution in [0.2, 0.25) is 0 Å².